The number of amides is 3. The number of hydrogen-bond donors (Lipinski definition) is 5. The van der Waals surface area contributed by atoms with Gasteiger partial charge in [-0.25, -0.2) is 4.79 Å². The molecular weight excluding hydrogens is 706 g/mol. The van der Waals surface area contributed by atoms with Crippen LogP contribution in [0, 0.1) is 0 Å². The summed E-state index contributed by atoms with van der Waals surface area (Å²) in [6.07, 6.45) is 2.62. The molecule has 296 valence electrons. The standard InChI is InChI=1S/C37H53N13O5/c38-48-45-24-8-5-21-41-33(51)15-18-37(19-16-34(52)42-22-6-9-25-46-49-39,20-17-35(53)43-23-7-10-26-47-50-40)55-36(54)44-27-32-30-13-3-1-11-28(30)29-12-2-4-14-31(29)32/h1-4,11-14,32-33,41,51H,5-10,15-27H2,(H,42,52)(H,43,53)(H,44,54). The second kappa shape index (κ2) is 25.5. The van der Waals surface area contributed by atoms with Crippen LogP contribution in [0.2, 0.25) is 0 Å². The number of aliphatic hydroxyl groups excluding tert-OH is 1. The third kappa shape index (κ3) is 16.2. The van der Waals surface area contributed by atoms with Crippen LogP contribution in [0.4, 0.5) is 4.79 Å². The number of ether oxygens (including phenoxy) is 1. The fourth-order valence-corrected chi connectivity index (χ4v) is 6.57. The molecule has 0 bridgehead atoms. The zero-order valence-corrected chi connectivity index (χ0v) is 31.3. The molecule has 0 saturated heterocycles. The van der Waals surface area contributed by atoms with Gasteiger partial charge in [-0.3, -0.25) is 14.9 Å². The van der Waals surface area contributed by atoms with Crippen molar-refractivity contribution in [2.24, 2.45) is 15.3 Å². The third-order valence-corrected chi connectivity index (χ3v) is 9.48. The molecule has 3 rings (SSSR count). The Morgan fingerprint density at radius 1 is 0.691 bits per heavy atom. The number of nitrogens with one attached hydrogen (secondary N) is 4. The molecule has 55 heavy (non-hydrogen) atoms. The molecule has 0 spiro atoms. The maximum atomic E-state index is 13.7. The molecule has 2 aromatic carbocycles. The van der Waals surface area contributed by atoms with E-state index in [1.54, 1.807) is 0 Å². The number of rotatable bonds is 28. The highest BCUT2D eigenvalue weighted by atomic mass is 16.6. The van der Waals surface area contributed by atoms with Crippen LogP contribution in [0.15, 0.2) is 63.9 Å². The molecule has 0 fully saturated rings. The number of fused-ring (bicyclic) bond motifs is 3. The van der Waals surface area contributed by atoms with Crippen LogP contribution in [0.5, 0.6) is 0 Å². The fourth-order valence-electron chi connectivity index (χ4n) is 6.57. The van der Waals surface area contributed by atoms with Crippen LogP contribution < -0.4 is 21.3 Å². The van der Waals surface area contributed by atoms with Crippen LogP contribution in [0.25, 0.3) is 42.5 Å². The average molecular weight is 760 g/mol. The lowest BCUT2D eigenvalue weighted by atomic mass is 9.86. The van der Waals surface area contributed by atoms with Gasteiger partial charge in [-0.1, -0.05) is 63.9 Å². The van der Waals surface area contributed by atoms with E-state index < -0.39 is 17.9 Å². The summed E-state index contributed by atoms with van der Waals surface area (Å²) in [5.74, 6) is -0.632. The van der Waals surface area contributed by atoms with Crippen molar-refractivity contribution in [2.45, 2.75) is 94.8 Å². The van der Waals surface area contributed by atoms with Crippen LogP contribution in [0.1, 0.15) is 94.1 Å². The van der Waals surface area contributed by atoms with Crippen molar-refractivity contribution in [1.29, 1.82) is 0 Å². The monoisotopic (exact) mass is 759 g/mol. The summed E-state index contributed by atoms with van der Waals surface area (Å²) in [6, 6.07) is 16.1. The Morgan fingerprint density at radius 2 is 1.16 bits per heavy atom. The smallest absolute Gasteiger partial charge is 0.407 e. The van der Waals surface area contributed by atoms with Gasteiger partial charge in [0.15, 0.2) is 0 Å². The first kappa shape index (κ1) is 43.9. The number of hydrogen-bond acceptors (Lipinski definition) is 9. The van der Waals surface area contributed by atoms with Crippen molar-refractivity contribution < 1.29 is 24.2 Å². The van der Waals surface area contributed by atoms with Crippen molar-refractivity contribution in [1.82, 2.24) is 21.3 Å². The Bertz CT molecular complexity index is 1580. The minimum absolute atomic E-state index is 0.00301. The highest BCUT2D eigenvalue weighted by molar-refractivity contribution is 5.79. The minimum atomic E-state index is -1.29. The largest absolute Gasteiger partial charge is 0.443 e. The molecule has 2 aromatic rings. The van der Waals surface area contributed by atoms with Gasteiger partial charge < -0.3 is 25.8 Å². The summed E-state index contributed by atoms with van der Waals surface area (Å²) in [6.45, 7) is 2.49. The molecule has 1 aliphatic carbocycles. The maximum Gasteiger partial charge on any atom is 0.407 e. The van der Waals surface area contributed by atoms with E-state index in [9.17, 15) is 19.5 Å². The summed E-state index contributed by atoms with van der Waals surface area (Å²) in [5.41, 5.74) is 28.6. The average Bonchev–Trinajstić information content (AvgIpc) is 3.52. The number of azide groups is 3. The van der Waals surface area contributed by atoms with Gasteiger partial charge in [-0.15, -0.1) is 0 Å². The van der Waals surface area contributed by atoms with Gasteiger partial charge in [0.05, 0.1) is 0 Å². The van der Waals surface area contributed by atoms with Gasteiger partial charge in [0, 0.05) is 72.8 Å². The van der Waals surface area contributed by atoms with Crippen LogP contribution >= 0.6 is 0 Å². The number of alkyl carbamates (subject to hydrolysis) is 1. The lowest BCUT2D eigenvalue weighted by Gasteiger charge is -2.34. The number of nitrogens with zero attached hydrogens (tertiary/aromatic N) is 9. The van der Waals surface area contributed by atoms with Crippen LogP contribution in [-0.4, -0.2) is 80.7 Å². The zero-order chi connectivity index (χ0) is 39.6. The van der Waals surface area contributed by atoms with Crippen molar-refractivity contribution in [3.8, 4) is 11.1 Å². The molecule has 0 aliphatic heterocycles. The van der Waals surface area contributed by atoms with Crippen molar-refractivity contribution in [2.75, 3.05) is 45.8 Å². The van der Waals surface area contributed by atoms with E-state index in [0.717, 1.165) is 22.3 Å². The first-order valence-corrected chi connectivity index (χ1v) is 18.9. The first-order valence-electron chi connectivity index (χ1n) is 18.9. The van der Waals surface area contributed by atoms with Gasteiger partial charge in [0.2, 0.25) is 11.8 Å². The molecule has 0 aromatic heterocycles. The Labute approximate surface area is 321 Å². The first-order chi connectivity index (χ1) is 26.8. The number of unbranched alkanes of at least 4 members (excludes halogenated alkanes) is 3. The summed E-state index contributed by atoms with van der Waals surface area (Å²) in [5, 5.41) is 33.1. The summed E-state index contributed by atoms with van der Waals surface area (Å²) < 4.78 is 6.25. The fraction of sp³-hybridized carbons (Fsp3) is 0.595. The zero-order valence-electron chi connectivity index (χ0n) is 31.3. The molecule has 0 radical (unpaired) electrons. The predicted octanol–water partition coefficient (Wildman–Crippen LogP) is 7.02. The van der Waals surface area contributed by atoms with Gasteiger partial charge in [0.1, 0.15) is 11.8 Å². The molecule has 1 unspecified atom stereocenters. The van der Waals surface area contributed by atoms with E-state index in [1.165, 1.54) is 0 Å². The van der Waals surface area contributed by atoms with Crippen LogP contribution in [-0.2, 0) is 14.3 Å². The van der Waals surface area contributed by atoms with Gasteiger partial charge >= 0.3 is 6.09 Å². The number of carbonyl (C=O) groups excluding carboxylic acids is 3. The quantitative estimate of drug-likeness (QED) is 0.0200. The SMILES string of the molecule is [N-]=[N+]=NCCCCNC(=O)CCC(CCC(=O)NCCCCN=[N+]=[N-])(CCC(O)NCCCCN=[N+]=[N-])OC(=O)NCC1c2ccccc2-c2ccccc21. The molecule has 3 amide bonds. The number of benzene rings is 2. The van der Waals surface area contributed by atoms with E-state index in [2.05, 4.69) is 63.5 Å². The Hall–Kier alpha value is -5.50. The van der Waals surface area contributed by atoms with E-state index in [0.29, 0.717) is 77.8 Å². The molecule has 1 atom stereocenters. The Kier molecular flexibility index (Phi) is 20.4. The van der Waals surface area contributed by atoms with Crippen LogP contribution in [0.3, 0.4) is 0 Å². The minimum Gasteiger partial charge on any atom is -0.443 e. The summed E-state index contributed by atoms with van der Waals surface area (Å²) in [7, 11) is 0. The molecule has 18 nitrogen and oxygen atoms in total. The highest BCUT2D eigenvalue weighted by Crippen LogP contribution is 2.44. The second-order valence-electron chi connectivity index (χ2n) is 13.4. The summed E-state index contributed by atoms with van der Waals surface area (Å²) >= 11 is 0. The van der Waals surface area contributed by atoms with Crippen molar-refractivity contribution in [3.05, 3.63) is 91.0 Å². The molecule has 1 aliphatic rings. The Balaban J connectivity index is 1.75. The van der Waals surface area contributed by atoms with E-state index >= 15 is 0 Å². The lowest BCUT2D eigenvalue weighted by molar-refractivity contribution is -0.124. The maximum absolute atomic E-state index is 13.7. The normalized spacial score (nSPS) is 13.0. The number of aliphatic hydroxyl groups is 1. The molecular formula is C37H53N13O5. The Morgan fingerprint density at radius 3 is 1.65 bits per heavy atom. The van der Waals surface area contributed by atoms with E-state index in [4.69, 9.17) is 21.3 Å². The van der Waals surface area contributed by atoms with E-state index in [1.807, 2.05) is 36.4 Å². The molecule has 5 N–H and O–H groups in total. The van der Waals surface area contributed by atoms with E-state index in [-0.39, 0.29) is 62.8 Å². The topological polar surface area (TPSA) is 275 Å². The summed E-state index contributed by atoms with van der Waals surface area (Å²) in [4.78, 5) is 48.0. The van der Waals surface area contributed by atoms with Gasteiger partial charge in [-0.05, 0) is 110 Å². The second-order valence-corrected chi connectivity index (χ2v) is 13.4. The molecule has 0 saturated carbocycles. The molecule has 18 heteroatoms. The number of carbonyl (C=O) groups is 3. The highest BCUT2D eigenvalue weighted by Gasteiger charge is 2.37. The van der Waals surface area contributed by atoms with Gasteiger partial charge in [0.25, 0.3) is 0 Å². The molecule has 0 heterocycles. The van der Waals surface area contributed by atoms with Crippen molar-refractivity contribution >= 4 is 17.9 Å². The lowest BCUT2D eigenvalue weighted by Crippen LogP contribution is -2.44. The van der Waals surface area contributed by atoms with Gasteiger partial charge in [-0.2, -0.15) is 0 Å². The third-order valence-electron chi connectivity index (χ3n) is 9.48. The van der Waals surface area contributed by atoms with Crippen molar-refractivity contribution in [3.63, 3.8) is 0 Å². The predicted molar refractivity (Wildman–Crippen MR) is 208 cm³/mol.